The van der Waals surface area contributed by atoms with Crippen molar-refractivity contribution >= 4 is 5.97 Å². The van der Waals surface area contributed by atoms with Crippen molar-refractivity contribution in [3.8, 4) is 0 Å². The fraction of sp³-hybridized carbons (Fsp3) is 0.583. The fourth-order valence-corrected chi connectivity index (χ4v) is 1.84. The van der Waals surface area contributed by atoms with Gasteiger partial charge in [0.2, 0.25) is 0 Å². The normalized spacial score (nSPS) is 19.1. The second-order valence-electron chi connectivity index (χ2n) is 4.24. The van der Waals surface area contributed by atoms with E-state index in [9.17, 15) is 4.79 Å². The van der Waals surface area contributed by atoms with Crippen LogP contribution in [0, 0.1) is 5.92 Å². The van der Waals surface area contributed by atoms with Crippen LogP contribution in [0.3, 0.4) is 0 Å². The number of nitrogens with one attached hydrogen (secondary N) is 1. The molecule has 1 aliphatic carbocycles. The lowest BCUT2D eigenvalue weighted by Crippen LogP contribution is -2.40. The summed E-state index contributed by atoms with van der Waals surface area (Å²) in [5, 5.41) is 3.26. The van der Waals surface area contributed by atoms with Crippen LogP contribution in [0.5, 0.6) is 0 Å². The van der Waals surface area contributed by atoms with Crippen LogP contribution in [0.15, 0.2) is 22.8 Å². The second-order valence-corrected chi connectivity index (χ2v) is 4.24. The summed E-state index contributed by atoms with van der Waals surface area (Å²) in [4.78, 5) is 11.6. The molecule has 1 aromatic rings. The van der Waals surface area contributed by atoms with Gasteiger partial charge in [0.15, 0.2) is 0 Å². The van der Waals surface area contributed by atoms with Gasteiger partial charge in [-0.15, -0.1) is 0 Å². The number of hydrogen-bond donors (Lipinski definition) is 1. The third kappa shape index (κ3) is 2.44. The minimum absolute atomic E-state index is 0.0275. The van der Waals surface area contributed by atoms with E-state index in [4.69, 9.17) is 9.15 Å². The molecule has 16 heavy (non-hydrogen) atoms. The number of carbonyl (C=O) groups excluding carboxylic acids is 1. The van der Waals surface area contributed by atoms with E-state index in [1.165, 1.54) is 7.11 Å². The molecule has 4 nitrogen and oxygen atoms in total. The lowest BCUT2D eigenvalue weighted by atomic mass is 10.1. The van der Waals surface area contributed by atoms with E-state index in [1.807, 2.05) is 19.1 Å². The van der Waals surface area contributed by atoms with Gasteiger partial charge < -0.3 is 9.15 Å². The van der Waals surface area contributed by atoms with Crippen molar-refractivity contribution in [1.82, 2.24) is 5.32 Å². The van der Waals surface area contributed by atoms with Gasteiger partial charge in [0.1, 0.15) is 11.8 Å². The molecule has 2 unspecified atom stereocenters. The average molecular weight is 223 g/mol. The zero-order chi connectivity index (χ0) is 11.5. The summed E-state index contributed by atoms with van der Waals surface area (Å²) in [6.45, 7) is 1.98. The van der Waals surface area contributed by atoms with Gasteiger partial charge in [0.05, 0.1) is 19.4 Å². The molecule has 0 bridgehead atoms. The lowest BCUT2D eigenvalue weighted by molar-refractivity contribution is -0.144. The van der Waals surface area contributed by atoms with Crippen LogP contribution in [0.1, 0.15) is 31.6 Å². The van der Waals surface area contributed by atoms with Gasteiger partial charge in [0, 0.05) is 0 Å². The molecule has 0 aromatic carbocycles. The molecule has 0 amide bonds. The van der Waals surface area contributed by atoms with Gasteiger partial charge in [-0.3, -0.25) is 10.1 Å². The summed E-state index contributed by atoms with van der Waals surface area (Å²) in [5.41, 5.74) is 0. The average Bonchev–Trinajstić information content (AvgIpc) is 2.98. The maximum Gasteiger partial charge on any atom is 0.323 e. The van der Waals surface area contributed by atoms with Crippen LogP contribution in [0.25, 0.3) is 0 Å². The first-order chi connectivity index (χ1) is 7.72. The van der Waals surface area contributed by atoms with Crippen LogP contribution < -0.4 is 5.32 Å². The Morgan fingerprint density at radius 1 is 1.62 bits per heavy atom. The van der Waals surface area contributed by atoms with E-state index < -0.39 is 0 Å². The van der Waals surface area contributed by atoms with Gasteiger partial charge in [-0.2, -0.15) is 0 Å². The van der Waals surface area contributed by atoms with Gasteiger partial charge in [-0.05, 0) is 37.8 Å². The number of methoxy groups -OCH3 is 1. The van der Waals surface area contributed by atoms with E-state index >= 15 is 0 Å². The Bertz CT molecular complexity index is 343. The summed E-state index contributed by atoms with van der Waals surface area (Å²) >= 11 is 0. The number of carbonyl (C=O) groups is 1. The number of esters is 1. The first kappa shape index (κ1) is 11.2. The molecule has 1 N–H and O–H groups in total. The van der Waals surface area contributed by atoms with Crippen LogP contribution in [0.2, 0.25) is 0 Å². The zero-order valence-corrected chi connectivity index (χ0v) is 9.60. The Kier molecular flexibility index (Phi) is 3.29. The monoisotopic (exact) mass is 223 g/mol. The Morgan fingerprint density at radius 2 is 2.38 bits per heavy atom. The molecule has 1 aromatic heterocycles. The third-order valence-corrected chi connectivity index (χ3v) is 2.95. The summed E-state index contributed by atoms with van der Waals surface area (Å²) in [5.74, 6) is 1.08. The zero-order valence-electron chi connectivity index (χ0n) is 9.60. The first-order valence-electron chi connectivity index (χ1n) is 5.59. The van der Waals surface area contributed by atoms with Gasteiger partial charge in [-0.25, -0.2) is 0 Å². The van der Waals surface area contributed by atoms with E-state index in [0.29, 0.717) is 5.92 Å². The summed E-state index contributed by atoms with van der Waals surface area (Å²) < 4.78 is 10.1. The minimum Gasteiger partial charge on any atom is -0.468 e. The van der Waals surface area contributed by atoms with E-state index in [2.05, 4.69) is 5.32 Å². The Hall–Kier alpha value is -1.29. The molecular weight excluding hydrogens is 206 g/mol. The van der Waals surface area contributed by atoms with Gasteiger partial charge in [0.25, 0.3) is 0 Å². The molecule has 0 aliphatic heterocycles. The van der Waals surface area contributed by atoms with E-state index in [-0.39, 0.29) is 18.1 Å². The van der Waals surface area contributed by atoms with Crippen molar-refractivity contribution in [2.75, 3.05) is 7.11 Å². The first-order valence-corrected chi connectivity index (χ1v) is 5.59. The number of furan rings is 1. The van der Waals surface area contributed by atoms with Crippen LogP contribution in [-0.2, 0) is 9.53 Å². The second kappa shape index (κ2) is 4.70. The minimum atomic E-state index is -0.204. The molecular formula is C12H17NO3. The highest BCUT2D eigenvalue weighted by molar-refractivity contribution is 5.76. The lowest BCUT2D eigenvalue weighted by Gasteiger charge is -2.19. The molecule has 2 rings (SSSR count). The SMILES string of the molecule is COC(=O)C(NC(C)c1ccco1)C1CC1. The Balaban J connectivity index is 1.97. The highest BCUT2D eigenvalue weighted by Gasteiger charge is 2.37. The van der Waals surface area contributed by atoms with Gasteiger partial charge in [-0.1, -0.05) is 0 Å². The largest absolute Gasteiger partial charge is 0.468 e. The van der Waals surface area contributed by atoms with Gasteiger partial charge >= 0.3 is 5.97 Å². The Labute approximate surface area is 95.0 Å². The van der Waals surface area contributed by atoms with Crippen LogP contribution in [-0.4, -0.2) is 19.1 Å². The highest BCUT2D eigenvalue weighted by Crippen LogP contribution is 2.34. The fourth-order valence-electron chi connectivity index (χ4n) is 1.84. The smallest absolute Gasteiger partial charge is 0.323 e. The Morgan fingerprint density at radius 3 is 2.88 bits per heavy atom. The third-order valence-electron chi connectivity index (χ3n) is 2.95. The maximum atomic E-state index is 11.6. The van der Waals surface area contributed by atoms with Crippen LogP contribution >= 0.6 is 0 Å². The van der Waals surface area contributed by atoms with E-state index in [1.54, 1.807) is 6.26 Å². The highest BCUT2D eigenvalue weighted by atomic mass is 16.5. The van der Waals surface area contributed by atoms with Crippen molar-refractivity contribution < 1.29 is 13.9 Å². The van der Waals surface area contributed by atoms with Crippen LogP contribution in [0.4, 0.5) is 0 Å². The maximum absolute atomic E-state index is 11.6. The van der Waals surface area contributed by atoms with Crippen molar-refractivity contribution in [3.05, 3.63) is 24.2 Å². The number of hydrogen-bond acceptors (Lipinski definition) is 4. The molecule has 2 atom stereocenters. The van der Waals surface area contributed by atoms with Crippen molar-refractivity contribution in [2.24, 2.45) is 5.92 Å². The number of ether oxygens (including phenoxy) is 1. The van der Waals surface area contributed by atoms with Crippen molar-refractivity contribution in [1.29, 1.82) is 0 Å². The summed E-state index contributed by atoms with van der Waals surface area (Å²) in [7, 11) is 1.43. The molecule has 1 heterocycles. The standard InChI is InChI=1S/C12H17NO3/c1-8(10-4-3-7-16-10)13-11(9-5-6-9)12(14)15-2/h3-4,7-9,11,13H,5-6H2,1-2H3. The molecule has 88 valence electrons. The summed E-state index contributed by atoms with van der Waals surface area (Å²) in [6, 6.07) is 3.57. The predicted octanol–water partition coefficient (Wildman–Crippen LogP) is 1.88. The number of rotatable bonds is 5. The molecule has 1 aliphatic rings. The molecule has 0 radical (unpaired) electrons. The van der Waals surface area contributed by atoms with Crippen molar-refractivity contribution in [2.45, 2.75) is 31.8 Å². The van der Waals surface area contributed by atoms with Crippen molar-refractivity contribution in [3.63, 3.8) is 0 Å². The molecule has 0 spiro atoms. The summed E-state index contributed by atoms with van der Waals surface area (Å²) in [6.07, 6.45) is 3.83. The topological polar surface area (TPSA) is 51.5 Å². The molecule has 4 heteroatoms. The predicted molar refractivity (Wildman–Crippen MR) is 58.8 cm³/mol. The quantitative estimate of drug-likeness (QED) is 0.774. The molecule has 1 fully saturated rings. The molecule has 1 saturated carbocycles. The van der Waals surface area contributed by atoms with E-state index in [0.717, 1.165) is 18.6 Å². The molecule has 0 saturated heterocycles.